The first-order valence-electron chi connectivity index (χ1n) is 4.34. The van der Waals surface area contributed by atoms with Gasteiger partial charge < -0.3 is 10.0 Å². The third-order valence-electron chi connectivity index (χ3n) is 1.97. The van der Waals surface area contributed by atoms with Gasteiger partial charge in [-0.05, 0) is 6.92 Å². The molecule has 7 heteroatoms. The maximum atomic E-state index is 11.5. The Labute approximate surface area is 86.1 Å². The topological polar surface area (TPSA) is 99.2 Å². The summed E-state index contributed by atoms with van der Waals surface area (Å²) in [6.45, 7) is 1.57. The van der Waals surface area contributed by atoms with Crippen molar-refractivity contribution in [3.8, 4) is 0 Å². The Morgan fingerprint density at radius 2 is 2.33 bits per heavy atom. The van der Waals surface area contributed by atoms with Crippen LogP contribution in [-0.4, -0.2) is 44.1 Å². The summed E-state index contributed by atoms with van der Waals surface area (Å²) in [5, 5.41) is 14.9. The lowest BCUT2D eigenvalue weighted by molar-refractivity contribution is -0.150. The third-order valence-corrected chi connectivity index (χ3v) is 1.97. The summed E-state index contributed by atoms with van der Waals surface area (Å²) in [5.41, 5.74) is 0. The highest BCUT2D eigenvalue weighted by Gasteiger charge is 2.24. The number of H-pyrrole nitrogens is 1. The number of carbonyl (C=O) groups is 2. The molecule has 7 nitrogen and oxygen atoms in total. The van der Waals surface area contributed by atoms with Gasteiger partial charge in [0.25, 0.3) is 0 Å². The minimum atomic E-state index is -1.13. The zero-order valence-corrected chi connectivity index (χ0v) is 8.47. The number of hydrogen-bond donors (Lipinski definition) is 2. The van der Waals surface area contributed by atoms with E-state index < -0.39 is 17.8 Å². The molecule has 82 valence electrons. The van der Waals surface area contributed by atoms with Gasteiger partial charge in [0.05, 0.1) is 6.54 Å². The fraction of sp³-hybridized carbons (Fsp3) is 0.500. The second-order valence-corrected chi connectivity index (χ2v) is 3.19. The molecule has 1 atom stereocenters. The molecule has 0 saturated carbocycles. The average Bonchev–Trinajstić information content (AvgIpc) is 2.67. The molecule has 1 aromatic heterocycles. The van der Waals surface area contributed by atoms with Crippen molar-refractivity contribution in [2.45, 2.75) is 13.5 Å². The normalized spacial score (nSPS) is 12.1. The van der Waals surface area contributed by atoms with Crippen molar-refractivity contribution in [3.05, 3.63) is 12.2 Å². The lowest BCUT2D eigenvalue weighted by atomic mass is 10.1. The first-order valence-corrected chi connectivity index (χ1v) is 4.34. The van der Waals surface area contributed by atoms with Crippen LogP contribution in [0.25, 0.3) is 0 Å². The van der Waals surface area contributed by atoms with Gasteiger partial charge in [-0.25, -0.2) is 4.98 Å². The molecule has 1 unspecified atom stereocenters. The number of hydrogen-bond acceptors (Lipinski definition) is 4. The summed E-state index contributed by atoms with van der Waals surface area (Å²) in [6, 6.07) is 0. The van der Waals surface area contributed by atoms with Gasteiger partial charge in [-0.15, -0.1) is 0 Å². The summed E-state index contributed by atoms with van der Waals surface area (Å²) >= 11 is 0. The number of aliphatic carboxylic acids is 1. The predicted molar refractivity (Wildman–Crippen MR) is 49.7 cm³/mol. The summed E-state index contributed by atoms with van der Waals surface area (Å²) in [5.74, 6) is -2.12. The van der Waals surface area contributed by atoms with Crippen LogP contribution in [0.1, 0.15) is 12.7 Å². The molecule has 0 bridgehead atoms. The zero-order chi connectivity index (χ0) is 11.4. The molecule has 0 fully saturated rings. The van der Waals surface area contributed by atoms with Crippen molar-refractivity contribution < 1.29 is 14.7 Å². The summed E-state index contributed by atoms with van der Waals surface area (Å²) in [7, 11) is 1.52. The monoisotopic (exact) mass is 212 g/mol. The zero-order valence-electron chi connectivity index (χ0n) is 8.47. The third kappa shape index (κ3) is 2.76. The number of nitrogens with one attached hydrogen (secondary N) is 1. The summed E-state index contributed by atoms with van der Waals surface area (Å²) in [4.78, 5) is 27.2. The van der Waals surface area contributed by atoms with Crippen molar-refractivity contribution >= 4 is 11.9 Å². The summed E-state index contributed by atoms with van der Waals surface area (Å²) in [6.07, 6.45) is 1.33. The summed E-state index contributed by atoms with van der Waals surface area (Å²) < 4.78 is 0. The van der Waals surface area contributed by atoms with E-state index in [2.05, 4.69) is 15.2 Å². The number of rotatable bonds is 4. The van der Waals surface area contributed by atoms with Crippen molar-refractivity contribution in [1.82, 2.24) is 20.1 Å². The second-order valence-electron chi connectivity index (χ2n) is 3.19. The Hall–Kier alpha value is -1.92. The molecule has 2 N–H and O–H groups in total. The highest BCUT2D eigenvalue weighted by molar-refractivity contribution is 5.96. The van der Waals surface area contributed by atoms with Gasteiger partial charge in [0.2, 0.25) is 5.91 Å². The minimum Gasteiger partial charge on any atom is -0.481 e. The molecular weight excluding hydrogens is 200 g/mol. The van der Waals surface area contributed by atoms with Gasteiger partial charge in [-0.2, -0.15) is 5.10 Å². The number of carboxylic acid groups (broad SMARTS) is 1. The average molecular weight is 212 g/mol. The van der Waals surface area contributed by atoms with Crippen LogP contribution in [0.4, 0.5) is 0 Å². The molecule has 1 aromatic rings. The van der Waals surface area contributed by atoms with Crippen LogP contribution in [0.2, 0.25) is 0 Å². The predicted octanol–water partition coefficient (Wildman–Crippen LogP) is -0.516. The Bertz CT molecular complexity index is 349. The molecule has 1 rings (SSSR count). The van der Waals surface area contributed by atoms with E-state index in [0.29, 0.717) is 5.82 Å². The Kier molecular flexibility index (Phi) is 3.37. The van der Waals surface area contributed by atoms with Gasteiger partial charge in [0.1, 0.15) is 18.1 Å². The van der Waals surface area contributed by atoms with E-state index in [1.54, 1.807) is 0 Å². The van der Waals surface area contributed by atoms with E-state index in [-0.39, 0.29) is 6.54 Å². The van der Waals surface area contributed by atoms with E-state index in [1.807, 2.05) is 0 Å². The molecule has 0 saturated heterocycles. The highest BCUT2D eigenvalue weighted by Crippen LogP contribution is 2.03. The van der Waals surface area contributed by atoms with Crippen LogP contribution >= 0.6 is 0 Å². The molecule has 0 spiro atoms. The van der Waals surface area contributed by atoms with Crippen LogP contribution in [0.15, 0.2) is 6.33 Å². The van der Waals surface area contributed by atoms with E-state index in [4.69, 9.17) is 5.11 Å². The van der Waals surface area contributed by atoms with Crippen LogP contribution in [0, 0.1) is 5.92 Å². The van der Waals surface area contributed by atoms with Gasteiger partial charge >= 0.3 is 5.97 Å². The second kappa shape index (κ2) is 4.54. The van der Waals surface area contributed by atoms with Crippen molar-refractivity contribution in [3.63, 3.8) is 0 Å². The fourth-order valence-electron chi connectivity index (χ4n) is 1.05. The van der Waals surface area contributed by atoms with Crippen molar-refractivity contribution in [2.24, 2.45) is 5.92 Å². The quantitative estimate of drug-likeness (QED) is 0.654. The lowest BCUT2D eigenvalue weighted by Crippen LogP contribution is -2.35. The van der Waals surface area contributed by atoms with Crippen LogP contribution in [0.3, 0.4) is 0 Å². The van der Waals surface area contributed by atoms with Crippen LogP contribution in [0.5, 0.6) is 0 Å². The maximum absolute atomic E-state index is 11.5. The van der Waals surface area contributed by atoms with Crippen molar-refractivity contribution in [2.75, 3.05) is 7.05 Å². The number of amides is 1. The molecule has 1 heterocycles. The molecule has 15 heavy (non-hydrogen) atoms. The molecule has 1 amide bonds. The minimum absolute atomic E-state index is 0.219. The molecule has 0 aliphatic rings. The molecule has 0 aliphatic carbocycles. The number of carboxylic acids is 1. The van der Waals surface area contributed by atoms with E-state index in [9.17, 15) is 9.59 Å². The Morgan fingerprint density at radius 1 is 1.67 bits per heavy atom. The first kappa shape index (κ1) is 11.2. The maximum Gasteiger partial charge on any atom is 0.315 e. The van der Waals surface area contributed by atoms with Gasteiger partial charge in [-0.1, -0.05) is 0 Å². The van der Waals surface area contributed by atoms with Gasteiger partial charge in [-0.3, -0.25) is 14.7 Å². The van der Waals surface area contributed by atoms with Gasteiger partial charge in [0.15, 0.2) is 0 Å². The molecule has 0 radical (unpaired) electrons. The molecular formula is C8H12N4O3. The smallest absolute Gasteiger partial charge is 0.315 e. The molecule has 0 aromatic carbocycles. The SMILES string of the molecule is CC(C(=O)O)C(=O)N(C)Cc1ncn[nH]1. The van der Waals surface area contributed by atoms with E-state index >= 15 is 0 Å². The Balaban J connectivity index is 2.57. The lowest BCUT2D eigenvalue weighted by Gasteiger charge is -2.17. The number of aromatic nitrogens is 3. The van der Waals surface area contributed by atoms with E-state index in [0.717, 1.165) is 0 Å². The van der Waals surface area contributed by atoms with Crippen LogP contribution < -0.4 is 0 Å². The number of aromatic amines is 1. The number of carbonyl (C=O) groups excluding carboxylic acids is 1. The Morgan fingerprint density at radius 3 is 2.80 bits per heavy atom. The van der Waals surface area contributed by atoms with Crippen LogP contribution in [-0.2, 0) is 16.1 Å². The highest BCUT2D eigenvalue weighted by atomic mass is 16.4. The van der Waals surface area contributed by atoms with Gasteiger partial charge in [0, 0.05) is 7.05 Å². The largest absolute Gasteiger partial charge is 0.481 e. The molecule has 0 aliphatic heterocycles. The van der Waals surface area contributed by atoms with E-state index in [1.165, 1.54) is 25.2 Å². The van der Waals surface area contributed by atoms with Crippen molar-refractivity contribution in [1.29, 1.82) is 0 Å². The number of nitrogens with zero attached hydrogens (tertiary/aromatic N) is 3. The first-order chi connectivity index (χ1) is 7.02. The standard InChI is InChI=1S/C8H12N4O3/c1-5(8(14)15)7(13)12(2)3-6-9-4-10-11-6/h4-5H,3H2,1-2H3,(H,14,15)(H,9,10,11). The fourth-order valence-corrected chi connectivity index (χ4v) is 1.05.